The van der Waals surface area contributed by atoms with Crippen molar-refractivity contribution in [1.82, 2.24) is 0 Å². The van der Waals surface area contributed by atoms with Gasteiger partial charge in [-0.05, 0) is 25.8 Å². The Hall–Kier alpha value is -0.830. The Kier molecular flexibility index (Phi) is 7.70. The normalized spacial score (nSPS) is 10.8. The molecule has 0 aromatic heterocycles. The molecule has 3 nitrogen and oxygen atoms in total. The maximum Gasteiger partial charge on any atom is 0.327 e. The van der Waals surface area contributed by atoms with Crippen LogP contribution in [0.4, 0.5) is 0 Å². The van der Waals surface area contributed by atoms with Gasteiger partial charge in [-0.3, -0.25) is 0 Å². The molecule has 3 heteroatoms. The van der Waals surface area contributed by atoms with Crippen LogP contribution in [0.2, 0.25) is 0 Å². The molecule has 0 amide bonds. The summed E-state index contributed by atoms with van der Waals surface area (Å²) in [6, 6.07) is 0. The first-order chi connectivity index (χ1) is 5.77. The Bertz CT molecular complexity index is 143. The highest BCUT2D eigenvalue weighted by Gasteiger charge is 1.87. The third-order valence-electron chi connectivity index (χ3n) is 1.59. The van der Waals surface area contributed by atoms with Crippen molar-refractivity contribution in [3.8, 4) is 0 Å². The van der Waals surface area contributed by atoms with Crippen molar-refractivity contribution in [1.29, 1.82) is 0 Å². The molecular weight excluding hydrogens is 154 g/mol. The third-order valence-corrected chi connectivity index (χ3v) is 1.59. The fourth-order valence-electron chi connectivity index (χ4n) is 0.944. The molecular formula is C9H17NO2. The second-order valence-corrected chi connectivity index (χ2v) is 2.73. The van der Waals surface area contributed by atoms with Gasteiger partial charge in [-0.25, -0.2) is 4.79 Å². The minimum Gasteiger partial charge on any atom is -0.478 e. The molecule has 0 heterocycles. The fourth-order valence-corrected chi connectivity index (χ4v) is 0.944. The van der Waals surface area contributed by atoms with Crippen molar-refractivity contribution in [3.63, 3.8) is 0 Å². The molecule has 0 atom stereocenters. The lowest BCUT2D eigenvalue weighted by Gasteiger charge is -1.95. The maximum absolute atomic E-state index is 10.0. The first kappa shape index (κ1) is 11.2. The van der Waals surface area contributed by atoms with Gasteiger partial charge in [0.1, 0.15) is 0 Å². The van der Waals surface area contributed by atoms with Gasteiger partial charge in [0.25, 0.3) is 0 Å². The molecule has 0 aliphatic heterocycles. The van der Waals surface area contributed by atoms with Crippen molar-refractivity contribution in [2.24, 2.45) is 5.73 Å². The molecule has 0 rings (SSSR count). The minimum absolute atomic E-state index is 0.755. The van der Waals surface area contributed by atoms with Crippen LogP contribution in [0.3, 0.4) is 0 Å². The van der Waals surface area contributed by atoms with Gasteiger partial charge in [0.15, 0.2) is 0 Å². The molecule has 0 saturated carbocycles. The van der Waals surface area contributed by atoms with E-state index in [1.54, 1.807) is 6.08 Å². The zero-order chi connectivity index (χ0) is 9.23. The number of allylic oxidation sites excluding steroid dienone is 1. The van der Waals surface area contributed by atoms with Crippen LogP contribution in [0, 0.1) is 0 Å². The lowest BCUT2D eigenvalue weighted by molar-refractivity contribution is -0.131. The van der Waals surface area contributed by atoms with E-state index in [-0.39, 0.29) is 0 Å². The second kappa shape index (κ2) is 8.27. The molecule has 0 fully saturated rings. The van der Waals surface area contributed by atoms with E-state index in [0.717, 1.165) is 38.6 Å². The number of rotatable bonds is 7. The van der Waals surface area contributed by atoms with Crippen LogP contribution >= 0.6 is 0 Å². The lowest BCUT2D eigenvalue weighted by atomic mass is 10.1. The van der Waals surface area contributed by atoms with Crippen molar-refractivity contribution < 1.29 is 9.90 Å². The third kappa shape index (κ3) is 9.17. The summed E-state index contributed by atoms with van der Waals surface area (Å²) in [4.78, 5) is 10.0. The number of hydrogen-bond donors (Lipinski definition) is 2. The summed E-state index contributed by atoms with van der Waals surface area (Å²) in [5.74, 6) is -0.864. The molecule has 0 aliphatic carbocycles. The highest BCUT2D eigenvalue weighted by molar-refractivity contribution is 5.79. The van der Waals surface area contributed by atoms with Crippen molar-refractivity contribution in [2.75, 3.05) is 6.54 Å². The number of carboxylic acids is 1. The molecule has 3 N–H and O–H groups in total. The summed E-state index contributed by atoms with van der Waals surface area (Å²) in [5, 5.41) is 8.25. The summed E-state index contributed by atoms with van der Waals surface area (Å²) < 4.78 is 0. The van der Waals surface area contributed by atoms with Crippen molar-refractivity contribution in [3.05, 3.63) is 12.2 Å². The van der Waals surface area contributed by atoms with Crippen LogP contribution in [0.15, 0.2) is 12.2 Å². The van der Waals surface area contributed by atoms with Crippen LogP contribution in [0.5, 0.6) is 0 Å². The van der Waals surface area contributed by atoms with Gasteiger partial charge in [-0.1, -0.05) is 18.9 Å². The molecule has 0 saturated heterocycles. The summed E-state index contributed by atoms with van der Waals surface area (Å²) >= 11 is 0. The van der Waals surface area contributed by atoms with Gasteiger partial charge in [0, 0.05) is 6.08 Å². The average Bonchev–Trinajstić information content (AvgIpc) is 2.02. The van der Waals surface area contributed by atoms with Gasteiger partial charge in [-0.2, -0.15) is 0 Å². The zero-order valence-corrected chi connectivity index (χ0v) is 7.33. The molecule has 12 heavy (non-hydrogen) atoms. The second-order valence-electron chi connectivity index (χ2n) is 2.73. The highest BCUT2D eigenvalue weighted by atomic mass is 16.4. The Morgan fingerprint density at radius 1 is 1.25 bits per heavy atom. The van der Waals surface area contributed by atoms with Crippen LogP contribution in [-0.2, 0) is 4.79 Å². The van der Waals surface area contributed by atoms with Crippen LogP contribution < -0.4 is 5.73 Å². The summed E-state index contributed by atoms with van der Waals surface area (Å²) in [5.41, 5.74) is 5.32. The van der Waals surface area contributed by atoms with Gasteiger partial charge >= 0.3 is 5.97 Å². The van der Waals surface area contributed by atoms with E-state index >= 15 is 0 Å². The van der Waals surface area contributed by atoms with Gasteiger partial charge in [-0.15, -0.1) is 0 Å². The Labute approximate surface area is 73.3 Å². The number of carboxylic acid groups (broad SMARTS) is 1. The van der Waals surface area contributed by atoms with Crippen molar-refractivity contribution in [2.45, 2.75) is 32.1 Å². The molecule has 0 aromatic rings. The Balaban J connectivity index is 3.05. The highest BCUT2D eigenvalue weighted by Crippen LogP contribution is 2.02. The summed E-state index contributed by atoms with van der Waals surface area (Å²) in [7, 11) is 0. The molecule has 0 aromatic carbocycles. The maximum atomic E-state index is 10.0. The number of aliphatic carboxylic acids is 1. The number of unbranched alkanes of at least 4 members (excludes halogenated alkanes) is 4. The molecule has 70 valence electrons. The molecule has 0 spiro atoms. The first-order valence-corrected chi connectivity index (χ1v) is 4.37. The topological polar surface area (TPSA) is 63.3 Å². The largest absolute Gasteiger partial charge is 0.478 e. The molecule has 0 bridgehead atoms. The van der Waals surface area contributed by atoms with E-state index in [9.17, 15) is 4.79 Å². The zero-order valence-electron chi connectivity index (χ0n) is 7.33. The van der Waals surface area contributed by atoms with Crippen LogP contribution in [-0.4, -0.2) is 17.6 Å². The first-order valence-electron chi connectivity index (χ1n) is 4.37. The molecule has 0 unspecified atom stereocenters. The monoisotopic (exact) mass is 171 g/mol. The lowest BCUT2D eigenvalue weighted by Crippen LogP contribution is -1.97. The van der Waals surface area contributed by atoms with Crippen molar-refractivity contribution >= 4 is 5.97 Å². The van der Waals surface area contributed by atoms with Gasteiger partial charge < -0.3 is 10.8 Å². The smallest absolute Gasteiger partial charge is 0.327 e. The van der Waals surface area contributed by atoms with Crippen LogP contribution in [0.1, 0.15) is 32.1 Å². The standard InChI is InChI=1S/C9H17NO2/c10-8-6-4-2-1-3-5-7-9(11)12/h5,7H,1-4,6,8,10H2,(H,11,12)/b7-5+. The number of nitrogens with two attached hydrogens (primary N) is 1. The quantitative estimate of drug-likeness (QED) is 0.451. The van der Waals surface area contributed by atoms with Gasteiger partial charge in [0.05, 0.1) is 0 Å². The van der Waals surface area contributed by atoms with E-state index in [1.165, 1.54) is 6.08 Å². The summed E-state index contributed by atoms with van der Waals surface area (Å²) in [6.07, 6.45) is 8.18. The van der Waals surface area contributed by atoms with E-state index in [0.29, 0.717) is 0 Å². The Morgan fingerprint density at radius 2 is 1.92 bits per heavy atom. The number of hydrogen-bond acceptors (Lipinski definition) is 2. The Morgan fingerprint density at radius 3 is 2.50 bits per heavy atom. The molecule has 0 radical (unpaired) electrons. The van der Waals surface area contributed by atoms with E-state index in [1.807, 2.05) is 0 Å². The van der Waals surface area contributed by atoms with E-state index in [2.05, 4.69) is 0 Å². The van der Waals surface area contributed by atoms with Gasteiger partial charge in [0.2, 0.25) is 0 Å². The SMILES string of the molecule is NCCCCCC/C=C/C(=O)O. The summed E-state index contributed by atoms with van der Waals surface area (Å²) in [6.45, 7) is 0.755. The fraction of sp³-hybridized carbons (Fsp3) is 0.667. The average molecular weight is 171 g/mol. The predicted molar refractivity (Wildman–Crippen MR) is 48.9 cm³/mol. The molecule has 0 aliphatic rings. The van der Waals surface area contributed by atoms with E-state index in [4.69, 9.17) is 10.8 Å². The predicted octanol–water partition coefficient (Wildman–Crippen LogP) is 1.54. The van der Waals surface area contributed by atoms with Crippen LogP contribution in [0.25, 0.3) is 0 Å². The minimum atomic E-state index is -0.864. The number of carbonyl (C=O) groups is 1. The van der Waals surface area contributed by atoms with E-state index < -0.39 is 5.97 Å².